The van der Waals surface area contributed by atoms with Crippen LogP contribution >= 0.6 is 0 Å². The first kappa shape index (κ1) is 21.9. The molecule has 5 nitrogen and oxygen atoms in total. The quantitative estimate of drug-likeness (QED) is 0.440. The average molecular weight is 412 g/mol. The Hall–Kier alpha value is -2.41. The average Bonchev–Trinajstić information content (AvgIpc) is 2.61. The molecule has 3 rings (SSSR count). The van der Waals surface area contributed by atoms with E-state index in [1.807, 2.05) is 12.1 Å². The van der Waals surface area contributed by atoms with Crippen LogP contribution in [0.15, 0.2) is 60.7 Å². The molecule has 0 spiro atoms. The predicted octanol–water partition coefficient (Wildman–Crippen LogP) is 3.37. The third-order valence-electron chi connectivity index (χ3n) is 4.70. The largest absolute Gasteiger partial charge is 0.741 e. The molecule has 0 amide bonds. The van der Waals surface area contributed by atoms with E-state index < -0.39 is 15.6 Å². The van der Waals surface area contributed by atoms with Gasteiger partial charge in [-0.25, -0.2) is 8.42 Å². The van der Waals surface area contributed by atoms with Crippen LogP contribution in [0.2, 0.25) is 0 Å². The van der Waals surface area contributed by atoms with Crippen molar-refractivity contribution in [3.63, 3.8) is 0 Å². The van der Waals surface area contributed by atoms with Gasteiger partial charge in [0, 0.05) is 5.56 Å². The molecule has 0 bridgehead atoms. The number of nitriles is 1. The highest BCUT2D eigenvalue weighted by Crippen LogP contribution is 2.40. The zero-order valence-corrected chi connectivity index (χ0v) is 15.8. The lowest BCUT2D eigenvalue weighted by Gasteiger charge is -2.52. The highest BCUT2D eigenvalue weighted by atomic mass is 32.2. The summed E-state index contributed by atoms with van der Waals surface area (Å²) in [5.74, 6) is 0.370. The summed E-state index contributed by atoms with van der Waals surface area (Å²) in [6.07, 6.45) is 0. The topological polar surface area (TPSA) is 81.0 Å². The number of likely N-dealkylation sites (tertiary alicyclic amines) is 1. The van der Waals surface area contributed by atoms with Crippen LogP contribution in [0, 0.1) is 11.3 Å². The molecule has 150 valence electrons. The fourth-order valence-corrected chi connectivity index (χ4v) is 3.34. The van der Waals surface area contributed by atoms with Gasteiger partial charge < -0.3 is 9.04 Å². The predicted molar refractivity (Wildman–Crippen MR) is 95.5 cm³/mol. The fourth-order valence-electron chi connectivity index (χ4n) is 3.34. The van der Waals surface area contributed by atoms with E-state index in [-0.39, 0.29) is 6.04 Å². The van der Waals surface area contributed by atoms with Crippen molar-refractivity contribution < 1.29 is 30.6 Å². The summed E-state index contributed by atoms with van der Waals surface area (Å²) in [4.78, 5) is 0. The summed E-state index contributed by atoms with van der Waals surface area (Å²) < 4.78 is 59.7. The van der Waals surface area contributed by atoms with Crippen molar-refractivity contribution in [1.29, 1.82) is 5.26 Å². The molecule has 0 radical (unpaired) electrons. The van der Waals surface area contributed by atoms with E-state index in [4.69, 9.17) is 13.0 Å². The van der Waals surface area contributed by atoms with Gasteiger partial charge in [0.25, 0.3) is 0 Å². The van der Waals surface area contributed by atoms with Crippen LogP contribution in [-0.4, -0.2) is 42.6 Å². The molecule has 1 aliphatic rings. The van der Waals surface area contributed by atoms with Gasteiger partial charge >= 0.3 is 5.51 Å². The second-order valence-corrected chi connectivity index (χ2v) is 8.17. The first-order valence-corrected chi connectivity index (χ1v) is 9.73. The molecule has 1 fully saturated rings. The van der Waals surface area contributed by atoms with Crippen molar-refractivity contribution in [3.05, 3.63) is 71.8 Å². The molecule has 1 heterocycles. The van der Waals surface area contributed by atoms with E-state index >= 15 is 0 Å². The van der Waals surface area contributed by atoms with Crippen molar-refractivity contribution in [3.8, 4) is 6.07 Å². The molecular weight excluding hydrogens is 393 g/mol. The lowest BCUT2D eigenvalue weighted by Crippen LogP contribution is -2.66. The van der Waals surface area contributed by atoms with Crippen LogP contribution in [0.5, 0.6) is 0 Å². The van der Waals surface area contributed by atoms with Gasteiger partial charge in [-0.3, -0.25) is 0 Å². The molecule has 28 heavy (non-hydrogen) atoms. The standard InChI is InChI=1S/C18H19N2.CHF3O3S/c1-20(13-15-8-4-2-5-9-15)14-17(18(20)12-19)16-10-6-3-7-11-16;2-1(3,4)8(5,6)7/h2-11,17-18H,13-14H2,1H3;(H,5,6,7)/q+1;/p-1/t17-,18-,20-;/m1./s1. The normalized spacial score (nSPS) is 24.3. The Morgan fingerprint density at radius 2 is 1.57 bits per heavy atom. The Bertz CT molecular complexity index is 928. The van der Waals surface area contributed by atoms with Crippen LogP contribution in [0.4, 0.5) is 13.2 Å². The Balaban J connectivity index is 0.000000300. The van der Waals surface area contributed by atoms with Crippen molar-refractivity contribution in [2.75, 3.05) is 13.6 Å². The van der Waals surface area contributed by atoms with Gasteiger partial charge in [-0.1, -0.05) is 60.7 Å². The number of alkyl halides is 3. The maximum atomic E-state index is 10.7. The van der Waals surface area contributed by atoms with Crippen molar-refractivity contribution in [1.82, 2.24) is 0 Å². The van der Waals surface area contributed by atoms with Gasteiger partial charge in [0.05, 0.1) is 19.5 Å². The number of benzene rings is 2. The summed E-state index contributed by atoms with van der Waals surface area (Å²) in [5.41, 5.74) is -3.04. The minimum atomic E-state index is -6.09. The molecular formula is C19H19F3N2O3S. The first-order chi connectivity index (χ1) is 13.0. The van der Waals surface area contributed by atoms with Gasteiger partial charge in [0.15, 0.2) is 16.2 Å². The number of quaternary nitrogens is 1. The number of likely N-dealkylation sites (N-methyl/N-ethyl adjacent to an activating group) is 1. The third kappa shape index (κ3) is 5.10. The molecule has 2 aromatic carbocycles. The summed E-state index contributed by atoms with van der Waals surface area (Å²) >= 11 is 0. The molecule has 3 atom stereocenters. The lowest BCUT2D eigenvalue weighted by molar-refractivity contribution is -0.980. The summed E-state index contributed by atoms with van der Waals surface area (Å²) in [5, 5.41) is 9.57. The monoisotopic (exact) mass is 412 g/mol. The maximum absolute atomic E-state index is 10.7. The number of halogens is 3. The van der Waals surface area contributed by atoms with E-state index in [0.717, 1.165) is 17.6 Å². The number of hydrogen-bond donors (Lipinski definition) is 0. The minimum Gasteiger partial charge on any atom is -0.741 e. The Labute approximate surface area is 162 Å². The van der Waals surface area contributed by atoms with E-state index in [9.17, 15) is 18.4 Å². The number of rotatable bonds is 3. The smallest absolute Gasteiger partial charge is 0.485 e. The zero-order valence-electron chi connectivity index (χ0n) is 15.0. The Kier molecular flexibility index (Phi) is 6.49. The van der Waals surface area contributed by atoms with E-state index in [0.29, 0.717) is 5.92 Å². The van der Waals surface area contributed by atoms with E-state index in [2.05, 4.69) is 61.6 Å². The summed E-state index contributed by atoms with van der Waals surface area (Å²) in [6.45, 7) is 1.97. The zero-order chi connectivity index (χ0) is 21.0. The third-order valence-corrected chi connectivity index (χ3v) is 5.26. The molecule has 0 saturated carbocycles. The summed E-state index contributed by atoms with van der Waals surface area (Å²) in [6, 6.07) is 23.5. The fraction of sp³-hybridized carbons (Fsp3) is 0.316. The van der Waals surface area contributed by atoms with Crippen molar-refractivity contribution in [2.24, 2.45) is 0 Å². The lowest BCUT2D eigenvalue weighted by atomic mass is 9.80. The highest BCUT2D eigenvalue weighted by Gasteiger charge is 2.52. The Morgan fingerprint density at radius 3 is 2.00 bits per heavy atom. The number of nitrogens with zero attached hydrogens (tertiary/aromatic N) is 2. The van der Waals surface area contributed by atoms with Crippen LogP contribution in [0.1, 0.15) is 17.0 Å². The minimum absolute atomic E-state index is 0.0533. The van der Waals surface area contributed by atoms with Crippen LogP contribution < -0.4 is 0 Å². The highest BCUT2D eigenvalue weighted by molar-refractivity contribution is 7.86. The molecule has 1 saturated heterocycles. The van der Waals surface area contributed by atoms with Crippen LogP contribution in [0.3, 0.4) is 0 Å². The second-order valence-electron chi connectivity index (χ2n) is 6.80. The van der Waals surface area contributed by atoms with Gasteiger partial charge in [0.2, 0.25) is 0 Å². The van der Waals surface area contributed by atoms with Gasteiger partial charge in [0.1, 0.15) is 12.6 Å². The van der Waals surface area contributed by atoms with E-state index in [1.165, 1.54) is 11.1 Å². The van der Waals surface area contributed by atoms with Crippen LogP contribution in [-0.2, 0) is 16.7 Å². The molecule has 0 N–H and O–H groups in total. The van der Waals surface area contributed by atoms with Gasteiger partial charge in [-0.15, -0.1) is 0 Å². The second kappa shape index (κ2) is 8.31. The number of hydrogen-bond acceptors (Lipinski definition) is 4. The first-order valence-electron chi connectivity index (χ1n) is 8.33. The molecule has 2 aromatic rings. The SMILES string of the molecule is C[N@@+]1(Cc2ccccc2)C[C@H](c2ccccc2)[C@H]1C#N.O=S(=O)([O-])C(F)(F)F. The summed E-state index contributed by atoms with van der Waals surface area (Å²) in [7, 11) is -3.90. The Morgan fingerprint density at radius 1 is 1.11 bits per heavy atom. The molecule has 1 aliphatic heterocycles. The van der Waals surface area contributed by atoms with Gasteiger partial charge in [-0.2, -0.15) is 18.4 Å². The molecule has 0 aromatic heterocycles. The molecule has 0 aliphatic carbocycles. The molecule has 9 heteroatoms. The maximum Gasteiger partial charge on any atom is 0.485 e. The van der Waals surface area contributed by atoms with Crippen LogP contribution in [0.25, 0.3) is 0 Å². The molecule has 0 unspecified atom stereocenters. The van der Waals surface area contributed by atoms with Crippen molar-refractivity contribution in [2.45, 2.75) is 24.0 Å². The van der Waals surface area contributed by atoms with Crippen molar-refractivity contribution >= 4 is 10.1 Å². The van der Waals surface area contributed by atoms with E-state index in [1.54, 1.807) is 0 Å². The van der Waals surface area contributed by atoms with Gasteiger partial charge in [-0.05, 0) is 5.56 Å².